The SMILES string of the molecule is Cc1cccc(CNC(=O)c2cccc(N3C(=O)CCS3(=O)=O)c2)c1. The van der Waals surface area contributed by atoms with Crippen LogP contribution in [0, 0.1) is 6.92 Å². The fourth-order valence-electron chi connectivity index (χ4n) is 2.75. The molecule has 0 unspecified atom stereocenters. The molecule has 7 heteroatoms. The second-order valence-electron chi connectivity index (χ2n) is 5.95. The molecule has 130 valence electrons. The summed E-state index contributed by atoms with van der Waals surface area (Å²) in [5.41, 5.74) is 2.58. The molecule has 1 aliphatic heterocycles. The van der Waals surface area contributed by atoms with Crippen LogP contribution < -0.4 is 9.62 Å². The van der Waals surface area contributed by atoms with Crippen LogP contribution in [0.3, 0.4) is 0 Å². The van der Waals surface area contributed by atoms with Gasteiger partial charge in [-0.2, -0.15) is 0 Å². The number of hydrogen-bond donors (Lipinski definition) is 1. The third-order valence-electron chi connectivity index (χ3n) is 3.96. The van der Waals surface area contributed by atoms with Gasteiger partial charge in [-0.1, -0.05) is 35.9 Å². The van der Waals surface area contributed by atoms with Crippen LogP contribution in [0.2, 0.25) is 0 Å². The first kappa shape index (κ1) is 17.2. The van der Waals surface area contributed by atoms with Crippen molar-refractivity contribution in [2.45, 2.75) is 19.9 Å². The molecule has 2 aromatic rings. The molecular formula is C18H18N2O4S. The lowest BCUT2D eigenvalue weighted by Crippen LogP contribution is -2.30. The molecule has 0 spiro atoms. The summed E-state index contributed by atoms with van der Waals surface area (Å²) in [6, 6.07) is 13.9. The molecule has 1 fully saturated rings. The van der Waals surface area contributed by atoms with Crippen LogP contribution in [0.1, 0.15) is 27.9 Å². The Bertz CT molecular complexity index is 938. The standard InChI is InChI=1S/C18H18N2O4S/c1-13-4-2-5-14(10-13)12-19-18(22)15-6-3-7-16(11-15)20-17(21)8-9-25(20,23)24/h2-7,10-11H,8-9,12H2,1H3,(H,19,22). The van der Waals surface area contributed by atoms with Crippen LogP contribution >= 0.6 is 0 Å². The molecule has 1 aliphatic rings. The summed E-state index contributed by atoms with van der Waals surface area (Å²) >= 11 is 0. The van der Waals surface area contributed by atoms with Crippen LogP contribution in [0.25, 0.3) is 0 Å². The molecule has 6 nitrogen and oxygen atoms in total. The lowest BCUT2D eigenvalue weighted by Gasteiger charge is -2.15. The van der Waals surface area contributed by atoms with Crippen molar-refractivity contribution in [3.8, 4) is 0 Å². The molecule has 2 aromatic carbocycles. The number of nitrogens with zero attached hydrogens (tertiary/aromatic N) is 1. The van der Waals surface area contributed by atoms with E-state index in [4.69, 9.17) is 0 Å². The van der Waals surface area contributed by atoms with Gasteiger partial charge in [0.15, 0.2) is 0 Å². The van der Waals surface area contributed by atoms with Gasteiger partial charge in [0.1, 0.15) is 0 Å². The third kappa shape index (κ3) is 3.71. The number of benzene rings is 2. The normalized spacial score (nSPS) is 16.0. The number of hydrogen-bond acceptors (Lipinski definition) is 4. The zero-order chi connectivity index (χ0) is 18.0. The summed E-state index contributed by atoms with van der Waals surface area (Å²) in [7, 11) is -3.64. The summed E-state index contributed by atoms with van der Waals surface area (Å²) in [6.45, 7) is 2.34. The maximum Gasteiger partial charge on any atom is 0.251 e. The smallest absolute Gasteiger partial charge is 0.251 e. The van der Waals surface area contributed by atoms with Gasteiger partial charge in [0.2, 0.25) is 15.9 Å². The predicted molar refractivity (Wildman–Crippen MR) is 94.7 cm³/mol. The van der Waals surface area contributed by atoms with Crippen molar-refractivity contribution < 1.29 is 18.0 Å². The van der Waals surface area contributed by atoms with Crippen molar-refractivity contribution >= 4 is 27.5 Å². The summed E-state index contributed by atoms with van der Waals surface area (Å²) < 4.78 is 24.8. The van der Waals surface area contributed by atoms with E-state index < -0.39 is 15.9 Å². The lowest BCUT2D eigenvalue weighted by molar-refractivity contribution is -0.116. The largest absolute Gasteiger partial charge is 0.348 e. The molecule has 1 heterocycles. The van der Waals surface area contributed by atoms with Crippen LogP contribution in [0.15, 0.2) is 48.5 Å². The Morgan fingerprint density at radius 3 is 2.60 bits per heavy atom. The monoisotopic (exact) mass is 358 g/mol. The predicted octanol–water partition coefficient (Wildman–Crippen LogP) is 1.99. The van der Waals surface area contributed by atoms with Gasteiger partial charge < -0.3 is 5.32 Å². The van der Waals surface area contributed by atoms with Crippen molar-refractivity contribution in [3.05, 3.63) is 65.2 Å². The summed E-state index contributed by atoms with van der Waals surface area (Å²) in [6.07, 6.45) is -0.0356. The number of carbonyl (C=O) groups is 2. The van der Waals surface area contributed by atoms with E-state index in [0.29, 0.717) is 12.1 Å². The van der Waals surface area contributed by atoms with Crippen LogP contribution in [-0.4, -0.2) is 26.0 Å². The Hall–Kier alpha value is -2.67. The summed E-state index contributed by atoms with van der Waals surface area (Å²) in [4.78, 5) is 24.2. The Balaban J connectivity index is 1.77. The molecule has 3 rings (SSSR count). The quantitative estimate of drug-likeness (QED) is 0.906. The van der Waals surface area contributed by atoms with Gasteiger partial charge in [-0.15, -0.1) is 0 Å². The van der Waals surface area contributed by atoms with Crippen LogP contribution in [-0.2, 0) is 21.4 Å². The molecule has 2 amide bonds. The molecule has 0 bridgehead atoms. The van der Waals surface area contributed by atoms with E-state index in [-0.39, 0.29) is 23.8 Å². The minimum atomic E-state index is -3.64. The molecule has 25 heavy (non-hydrogen) atoms. The van der Waals surface area contributed by atoms with Gasteiger partial charge in [0.25, 0.3) is 5.91 Å². The van der Waals surface area contributed by atoms with Crippen molar-refractivity contribution in [2.75, 3.05) is 10.1 Å². The first-order valence-corrected chi connectivity index (χ1v) is 9.47. The van der Waals surface area contributed by atoms with Gasteiger partial charge in [-0.05, 0) is 30.7 Å². The van der Waals surface area contributed by atoms with Crippen molar-refractivity contribution in [1.29, 1.82) is 0 Å². The summed E-state index contributed by atoms with van der Waals surface area (Å²) in [5.74, 6) is -1.000. The van der Waals surface area contributed by atoms with E-state index in [0.717, 1.165) is 15.4 Å². The lowest BCUT2D eigenvalue weighted by atomic mass is 10.1. The van der Waals surface area contributed by atoms with Gasteiger partial charge >= 0.3 is 0 Å². The Kier molecular flexibility index (Phi) is 4.59. The Labute approximate surface area is 146 Å². The van der Waals surface area contributed by atoms with E-state index in [9.17, 15) is 18.0 Å². The van der Waals surface area contributed by atoms with Crippen molar-refractivity contribution in [1.82, 2.24) is 5.32 Å². The van der Waals surface area contributed by atoms with E-state index in [1.54, 1.807) is 12.1 Å². The number of nitrogens with one attached hydrogen (secondary N) is 1. The summed E-state index contributed by atoms with van der Waals surface area (Å²) in [5, 5.41) is 2.80. The minimum Gasteiger partial charge on any atom is -0.348 e. The second kappa shape index (κ2) is 6.68. The molecular weight excluding hydrogens is 340 g/mol. The highest BCUT2D eigenvalue weighted by molar-refractivity contribution is 7.94. The highest BCUT2D eigenvalue weighted by atomic mass is 32.2. The second-order valence-corrected chi connectivity index (χ2v) is 7.88. The highest BCUT2D eigenvalue weighted by Gasteiger charge is 2.36. The minimum absolute atomic E-state index is 0.0356. The molecule has 1 N–H and O–H groups in total. The maximum atomic E-state index is 12.3. The zero-order valence-electron chi connectivity index (χ0n) is 13.7. The number of amides is 2. The van der Waals surface area contributed by atoms with Crippen LogP contribution in [0.5, 0.6) is 0 Å². The molecule has 0 radical (unpaired) electrons. The van der Waals surface area contributed by atoms with Crippen LogP contribution in [0.4, 0.5) is 5.69 Å². The van der Waals surface area contributed by atoms with Gasteiger partial charge in [-0.25, -0.2) is 12.7 Å². The Morgan fingerprint density at radius 1 is 1.16 bits per heavy atom. The van der Waals surface area contributed by atoms with Crippen molar-refractivity contribution in [3.63, 3.8) is 0 Å². The van der Waals surface area contributed by atoms with E-state index in [2.05, 4.69) is 5.32 Å². The zero-order valence-corrected chi connectivity index (χ0v) is 14.5. The van der Waals surface area contributed by atoms with Gasteiger partial charge in [-0.3, -0.25) is 9.59 Å². The number of sulfonamides is 1. The van der Waals surface area contributed by atoms with E-state index in [1.807, 2.05) is 31.2 Å². The third-order valence-corrected chi connectivity index (χ3v) is 5.65. The topological polar surface area (TPSA) is 83.6 Å². The Morgan fingerprint density at radius 2 is 1.92 bits per heavy atom. The molecule has 1 saturated heterocycles. The number of aryl methyl sites for hydroxylation is 1. The van der Waals surface area contributed by atoms with Gasteiger partial charge in [0.05, 0.1) is 11.4 Å². The molecule has 0 saturated carbocycles. The van der Waals surface area contributed by atoms with E-state index >= 15 is 0 Å². The fraction of sp³-hybridized carbons (Fsp3) is 0.222. The number of anilines is 1. The average molecular weight is 358 g/mol. The molecule has 0 aliphatic carbocycles. The fourth-order valence-corrected chi connectivity index (χ4v) is 4.20. The first-order valence-electron chi connectivity index (χ1n) is 7.86. The number of carbonyl (C=O) groups excluding carboxylic acids is 2. The number of rotatable bonds is 4. The van der Waals surface area contributed by atoms with Crippen molar-refractivity contribution in [2.24, 2.45) is 0 Å². The first-order chi connectivity index (χ1) is 11.9. The average Bonchev–Trinajstić information content (AvgIpc) is 2.86. The molecule has 0 atom stereocenters. The molecule has 0 aromatic heterocycles. The van der Waals surface area contributed by atoms with E-state index in [1.165, 1.54) is 12.1 Å². The maximum absolute atomic E-state index is 12.3. The highest BCUT2D eigenvalue weighted by Crippen LogP contribution is 2.25. The van der Waals surface area contributed by atoms with Gasteiger partial charge in [0, 0.05) is 18.5 Å².